The molecule has 1 unspecified atom stereocenters. The van der Waals surface area contributed by atoms with E-state index in [9.17, 15) is 4.39 Å². The molecule has 2 aromatic rings. The first-order valence-corrected chi connectivity index (χ1v) is 6.90. The molecule has 3 nitrogen and oxygen atoms in total. The Balaban J connectivity index is 2.53. The summed E-state index contributed by atoms with van der Waals surface area (Å²) >= 11 is 11.7. The van der Waals surface area contributed by atoms with Crippen molar-refractivity contribution in [2.75, 3.05) is 13.7 Å². The van der Waals surface area contributed by atoms with Gasteiger partial charge in [0.25, 0.3) is 0 Å². The van der Waals surface area contributed by atoms with Gasteiger partial charge in [-0.3, -0.25) is 0 Å². The van der Waals surface area contributed by atoms with E-state index in [1.54, 1.807) is 7.11 Å². The van der Waals surface area contributed by atoms with Gasteiger partial charge in [-0.2, -0.15) is 0 Å². The number of aromatic nitrogens is 2. The molecule has 0 spiro atoms. The third-order valence-electron chi connectivity index (χ3n) is 3.10. The predicted molar refractivity (Wildman–Crippen MR) is 75.5 cm³/mol. The number of methoxy groups -OCH3 is 1. The van der Waals surface area contributed by atoms with E-state index in [1.165, 1.54) is 12.1 Å². The molecule has 6 heteroatoms. The second-order valence-electron chi connectivity index (χ2n) is 4.42. The number of imidazole rings is 1. The molecular formula is C13H15Cl2FN2O. The normalized spacial score (nSPS) is 13.1. The van der Waals surface area contributed by atoms with E-state index in [-0.39, 0.29) is 16.9 Å². The zero-order valence-electron chi connectivity index (χ0n) is 10.8. The maximum Gasteiger partial charge on any atom is 0.144 e. The monoisotopic (exact) mass is 304 g/mol. The largest absolute Gasteiger partial charge is 0.385 e. The van der Waals surface area contributed by atoms with Crippen LogP contribution in [0.3, 0.4) is 0 Å². The summed E-state index contributed by atoms with van der Waals surface area (Å²) in [6.07, 6.45) is 0.802. The molecule has 0 aliphatic heterocycles. The van der Waals surface area contributed by atoms with Crippen molar-refractivity contribution in [1.82, 2.24) is 9.55 Å². The third-order valence-corrected chi connectivity index (χ3v) is 3.63. The van der Waals surface area contributed by atoms with Crippen molar-refractivity contribution < 1.29 is 9.13 Å². The van der Waals surface area contributed by atoms with E-state index < -0.39 is 5.82 Å². The molecule has 0 amide bonds. The molecule has 0 radical (unpaired) electrons. The number of rotatable bonds is 5. The molecule has 1 aromatic heterocycles. The highest BCUT2D eigenvalue weighted by molar-refractivity contribution is 6.31. The summed E-state index contributed by atoms with van der Waals surface area (Å²) in [6, 6.07) is 3.06. The highest BCUT2D eigenvalue weighted by Gasteiger charge is 2.17. The van der Waals surface area contributed by atoms with E-state index in [1.807, 2.05) is 11.5 Å². The Bertz CT molecular complexity index is 586. The number of halogens is 3. The van der Waals surface area contributed by atoms with Gasteiger partial charge in [-0.1, -0.05) is 11.6 Å². The SMILES string of the molecule is COCCC(C)n1c(CCl)nc2cc(Cl)c(F)cc21. The Kier molecular flexibility index (Phi) is 4.66. The van der Waals surface area contributed by atoms with Crippen LogP contribution in [0, 0.1) is 5.82 Å². The Labute approximate surface area is 121 Å². The predicted octanol–water partition coefficient (Wildman–Crippen LogP) is 4.17. The fraction of sp³-hybridized carbons (Fsp3) is 0.462. The van der Waals surface area contributed by atoms with Crippen LogP contribution in [0.15, 0.2) is 12.1 Å². The van der Waals surface area contributed by atoms with Crippen LogP contribution in [0.25, 0.3) is 11.0 Å². The molecule has 1 atom stereocenters. The van der Waals surface area contributed by atoms with Gasteiger partial charge >= 0.3 is 0 Å². The van der Waals surface area contributed by atoms with E-state index in [0.29, 0.717) is 23.5 Å². The summed E-state index contributed by atoms with van der Waals surface area (Å²) in [5.41, 5.74) is 1.37. The number of hydrogen-bond acceptors (Lipinski definition) is 2. The lowest BCUT2D eigenvalue weighted by Crippen LogP contribution is -2.10. The van der Waals surface area contributed by atoms with Crippen LogP contribution < -0.4 is 0 Å². The van der Waals surface area contributed by atoms with Gasteiger partial charge in [0.05, 0.1) is 21.9 Å². The van der Waals surface area contributed by atoms with Gasteiger partial charge in [0.15, 0.2) is 0 Å². The maximum atomic E-state index is 13.6. The molecule has 0 fully saturated rings. The highest BCUT2D eigenvalue weighted by atomic mass is 35.5. The quantitative estimate of drug-likeness (QED) is 0.775. The van der Waals surface area contributed by atoms with Crippen molar-refractivity contribution in [1.29, 1.82) is 0 Å². The minimum absolute atomic E-state index is 0.0721. The standard InChI is InChI=1S/C13H15Cl2FN2O/c1-8(3-4-19-2)18-12-6-10(16)9(15)5-11(12)17-13(18)7-14/h5-6,8H,3-4,7H2,1-2H3. The van der Waals surface area contributed by atoms with Gasteiger partial charge in [0.1, 0.15) is 11.6 Å². The summed E-state index contributed by atoms with van der Waals surface area (Å²) in [7, 11) is 1.65. The zero-order valence-corrected chi connectivity index (χ0v) is 12.3. The van der Waals surface area contributed by atoms with Crippen molar-refractivity contribution in [3.8, 4) is 0 Å². The molecule has 0 saturated carbocycles. The van der Waals surface area contributed by atoms with Crippen LogP contribution in [0.4, 0.5) is 4.39 Å². The lowest BCUT2D eigenvalue weighted by Gasteiger charge is -2.16. The van der Waals surface area contributed by atoms with Crippen LogP contribution in [0.1, 0.15) is 25.2 Å². The van der Waals surface area contributed by atoms with E-state index >= 15 is 0 Å². The third kappa shape index (κ3) is 2.86. The molecule has 1 heterocycles. The number of ether oxygens (including phenoxy) is 1. The van der Waals surface area contributed by atoms with Crippen LogP contribution in [0.5, 0.6) is 0 Å². The van der Waals surface area contributed by atoms with Crippen LogP contribution in [0.2, 0.25) is 5.02 Å². The molecule has 0 saturated heterocycles. The van der Waals surface area contributed by atoms with Gasteiger partial charge in [-0.05, 0) is 19.4 Å². The fourth-order valence-corrected chi connectivity index (χ4v) is 2.49. The fourth-order valence-electron chi connectivity index (χ4n) is 2.14. The van der Waals surface area contributed by atoms with E-state index in [4.69, 9.17) is 27.9 Å². The number of fused-ring (bicyclic) bond motifs is 1. The number of alkyl halides is 1. The van der Waals surface area contributed by atoms with Crippen LogP contribution in [-0.2, 0) is 10.6 Å². The van der Waals surface area contributed by atoms with Crippen molar-refractivity contribution >= 4 is 34.2 Å². The Hall–Kier alpha value is -0.840. The summed E-state index contributed by atoms with van der Waals surface area (Å²) < 4.78 is 20.6. The summed E-state index contributed by atoms with van der Waals surface area (Å²) in [5.74, 6) is 0.530. The zero-order chi connectivity index (χ0) is 14.0. The topological polar surface area (TPSA) is 27.1 Å². The Morgan fingerprint density at radius 1 is 1.47 bits per heavy atom. The average Bonchev–Trinajstić information content (AvgIpc) is 2.74. The minimum Gasteiger partial charge on any atom is -0.385 e. The minimum atomic E-state index is -0.449. The van der Waals surface area contributed by atoms with Gasteiger partial charge in [-0.15, -0.1) is 11.6 Å². The summed E-state index contributed by atoms with van der Waals surface area (Å²) in [6.45, 7) is 2.65. The molecule has 0 bridgehead atoms. The van der Waals surface area contributed by atoms with Crippen LogP contribution in [-0.4, -0.2) is 23.3 Å². The van der Waals surface area contributed by atoms with Crippen molar-refractivity contribution in [2.24, 2.45) is 0 Å². The Morgan fingerprint density at radius 3 is 2.84 bits per heavy atom. The molecule has 0 aliphatic carbocycles. The van der Waals surface area contributed by atoms with Gasteiger partial charge in [-0.25, -0.2) is 9.37 Å². The lowest BCUT2D eigenvalue weighted by atomic mass is 10.2. The van der Waals surface area contributed by atoms with Crippen molar-refractivity contribution in [3.05, 3.63) is 28.8 Å². The second kappa shape index (κ2) is 6.07. The van der Waals surface area contributed by atoms with E-state index in [0.717, 1.165) is 6.42 Å². The van der Waals surface area contributed by atoms with Gasteiger partial charge in [0.2, 0.25) is 0 Å². The van der Waals surface area contributed by atoms with Crippen molar-refractivity contribution in [2.45, 2.75) is 25.3 Å². The molecular weight excluding hydrogens is 290 g/mol. The van der Waals surface area contributed by atoms with Gasteiger partial charge in [0, 0.05) is 25.8 Å². The number of hydrogen-bond donors (Lipinski definition) is 0. The molecule has 104 valence electrons. The van der Waals surface area contributed by atoms with Crippen molar-refractivity contribution in [3.63, 3.8) is 0 Å². The lowest BCUT2D eigenvalue weighted by molar-refractivity contribution is 0.181. The average molecular weight is 305 g/mol. The summed E-state index contributed by atoms with van der Waals surface area (Å²) in [5, 5.41) is 0.0721. The second-order valence-corrected chi connectivity index (χ2v) is 5.09. The smallest absolute Gasteiger partial charge is 0.144 e. The molecule has 1 aromatic carbocycles. The number of nitrogens with zero attached hydrogens (tertiary/aromatic N) is 2. The van der Waals surface area contributed by atoms with Crippen LogP contribution >= 0.6 is 23.2 Å². The van der Waals surface area contributed by atoms with Gasteiger partial charge < -0.3 is 9.30 Å². The molecule has 0 N–H and O–H groups in total. The first kappa shape index (κ1) is 14.6. The highest BCUT2D eigenvalue weighted by Crippen LogP contribution is 2.28. The first-order chi connectivity index (χ1) is 9.08. The molecule has 2 rings (SSSR count). The maximum absolute atomic E-state index is 13.6. The Morgan fingerprint density at radius 2 is 2.21 bits per heavy atom. The van der Waals surface area contributed by atoms with E-state index in [2.05, 4.69) is 4.98 Å². The first-order valence-electron chi connectivity index (χ1n) is 5.99. The molecule has 0 aliphatic rings. The number of benzene rings is 1. The molecule has 19 heavy (non-hydrogen) atoms. The summed E-state index contributed by atoms with van der Waals surface area (Å²) in [4.78, 5) is 4.40.